The molecule has 0 bridgehead atoms. The van der Waals surface area contributed by atoms with E-state index in [0.29, 0.717) is 42.0 Å². The molecule has 2 aromatic carbocycles. The predicted molar refractivity (Wildman–Crippen MR) is 136 cm³/mol. The van der Waals surface area contributed by atoms with Gasteiger partial charge in [0.05, 0.1) is 30.7 Å². The third kappa shape index (κ3) is 4.09. The van der Waals surface area contributed by atoms with Crippen LogP contribution in [0.15, 0.2) is 59.6 Å². The minimum Gasteiger partial charge on any atom is -0.508 e. The molecule has 0 aliphatic carbocycles. The summed E-state index contributed by atoms with van der Waals surface area (Å²) in [4.78, 5) is 9.98. The number of aromatic nitrogens is 5. The highest BCUT2D eigenvalue weighted by molar-refractivity contribution is 5.95. The number of hydrogen-bond donors (Lipinski definition) is 4. The highest BCUT2D eigenvalue weighted by Crippen LogP contribution is 2.35. The number of aryl methyl sites for hydroxylation is 1. The van der Waals surface area contributed by atoms with Crippen molar-refractivity contribution in [2.45, 2.75) is 25.9 Å². The number of aromatic amines is 2. The van der Waals surface area contributed by atoms with E-state index in [1.165, 1.54) is 0 Å². The van der Waals surface area contributed by atoms with Crippen molar-refractivity contribution in [2.24, 2.45) is 0 Å². The van der Waals surface area contributed by atoms with E-state index in [4.69, 9.17) is 4.52 Å². The van der Waals surface area contributed by atoms with Gasteiger partial charge in [0.1, 0.15) is 23.2 Å². The largest absolute Gasteiger partial charge is 0.508 e. The van der Waals surface area contributed by atoms with Gasteiger partial charge < -0.3 is 19.7 Å². The minimum absolute atomic E-state index is 0.0106. The summed E-state index contributed by atoms with van der Waals surface area (Å²) in [5.74, 6) is 0.269. The predicted octanol–water partition coefficient (Wildman–Crippen LogP) is 4.28. The highest BCUT2D eigenvalue weighted by atomic mass is 19.1. The zero-order valence-corrected chi connectivity index (χ0v) is 20.1. The van der Waals surface area contributed by atoms with Crippen LogP contribution in [0.25, 0.3) is 39.1 Å². The van der Waals surface area contributed by atoms with E-state index in [1.807, 2.05) is 19.1 Å². The molecule has 0 radical (unpaired) electrons. The Kier molecular flexibility index (Phi) is 5.82. The van der Waals surface area contributed by atoms with E-state index in [2.05, 4.69) is 30.2 Å². The second-order valence-corrected chi connectivity index (χ2v) is 9.14. The summed E-state index contributed by atoms with van der Waals surface area (Å²) in [6.07, 6.45) is 7.68. The van der Waals surface area contributed by atoms with Gasteiger partial charge in [0.25, 0.3) is 0 Å². The number of imidazole rings is 1. The second kappa shape index (κ2) is 9.30. The molecule has 0 saturated heterocycles. The molecule has 4 N–H and O–H groups in total. The number of benzene rings is 2. The molecule has 0 saturated carbocycles. The second-order valence-electron chi connectivity index (χ2n) is 9.14. The van der Waals surface area contributed by atoms with Crippen LogP contribution in [0.3, 0.4) is 0 Å². The summed E-state index contributed by atoms with van der Waals surface area (Å²) in [6, 6.07) is 8.38. The number of hydrogen-bond acceptors (Lipinski definition) is 7. The number of halogens is 1. The van der Waals surface area contributed by atoms with Crippen molar-refractivity contribution < 1.29 is 19.1 Å². The fraction of sp³-hybridized carbons (Fsp3) is 0.222. The molecular formula is C27H25FN6O3. The number of nitrogens with one attached hydrogen (secondary N) is 2. The van der Waals surface area contributed by atoms with E-state index < -0.39 is 5.82 Å². The highest BCUT2D eigenvalue weighted by Gasteiger charge is 2.27. The fourth-order valence-corrected chi connectivity index (χ4v) is 4.96. The Bertz CT molecular complexity index is 1600. The molecule has 1 atom stereocenters. The van der Waals surface area contributed by atoms with Crippen molar-refractivity contribution in [1.82, 2.24) is 30.2 Å². The molecule has 4 heterocycles. The van der Waals surface area contributed by atoms with E-state index in [-0.39, 0.29) is 23.9 Å². The number of aliphatic hydroxyl groups excluding tert-OH is 1. The number of rotatable bonds is 7. The number of aliphatic hydroxyl groups is 1. The number of nitrogens with zero attached hydrogens (tertiary/aromatic N) is 4. The van der Waals surface area contributed by atoms with Gasteiger partial charge >= 0.3 is 0 Å². The lowest BCUT2D eigenvalue weighted by atomic mass is 9.96. The maximum Gasteiger partial charge on any atom is 0.159 e. The summed E-state index contributed by atoms with van der Waals surface area (Å²) in [7, 11) is 0. The molecule has 0 unspecified atom stereocenters. The Balaban J connectivity index is 1.30. The van der Waals surface area contributed by atoms with Crippen molar-refractivity contribution in [2.75, 3.05) is 13.2 Å². The molecule has 6 rings (SSSR count). The maximum absolute atomic E-state index is 15.6. The first-order chi connectivity index (χ1) is 18.1. The molecule has 188 valence electrons. The lowest BCUT2D eigenvalue weighted by Gasteiger charge is -2.21. The third-order valence-electron chi connectivity index (χ3n) is 6.88. The third-order valence-corrected chi connectivity index (χ3v) is 6.88. The summed E-state index contributed by atoms with van der Waals surface area (Å²) in [5.41, 5.74) is 5.58. The number of fused-ring (bicyclic) bond motifs is 1. The molecule has 0 amide bonds. The molecular weight excluding hydrogens is 475 g/mol. The minimum atomic E-state index is -0.430. The van der Waals surface area contributed by atoms with Gasteiger partial charge in [-0.3, -0.25) is 10.00 Å². The summed E-state index contributed by atoms with van der Waals surface area (Å²) in [5, 5.41) is 31.2. The van der Waals surface area contributed by atoms with Crippen LogP contribution in [0, 0.1) is 5.82 Å². The monoisotopic (exact) mass is 500 g/mol. The van der Waals surface area contributed by atoms with Gasteiger partial charge in [-0.1, -0.05) is 30.3 Å². The molecule has 3 aromatic heterocycles. The standard InChI is InChI=1S/C27H25FN6O3/c1-2-16-8-19(36)3-4-20(16)21-5-6-22-25(24(21)28)32-33-26(22)27-29-10-23(31-27)17-7-18(13-35)34(12-17)11-15-9-30-37-14-15/h3-10,14,18,35-36H,2,11-13H2,1H3,(H,29,31)(H,32,33)/t18-/m1/s1. The number of phenols is 1. The van der Waals surface area contributed by atoms with Crippen molar-refractivity contribution in [1.29, 1.82) is 0 Å². The Morgan fingerprint density at radius 1 is 1.19 bits per heavy atom. The SMILES string of the molecule is CCc1cc(O)ccc1-c1ccc2c(-c3ncc(C4=C[C@H](CO)N(Cc5cnoc5)C4)[nH]3)[nH]nc2c1F. The summed E-state index contributed by atoms with van der Waals surface area (Å²) >= 11 is 0. The smallest absolute Gasteiger partial charge is 0.159 e. The maximum atomic E-state index is 15.6. The van der Waals surface area contributed by atoms with Gasteiger partial charge in [-0.05, 0) is 41.3 Å². The van der Waals surface area contributed by atoms with Crippen molar-refractivity contribution >= 4 is 16.5 Å². The van der Waals surface area contributed by atoms with Crippen LogP contribution in [-0.4, -0.2) is 59.6 Å². The Labute approximate surface area is 211 Å². The molecule has 1 aliphatic heterocycles. The van der Waals surface area contributed by atoms with Crippen LogP contribution in [0.4, 0.5) is 4.39 Å². The lowest BCUT2D eigenvalue weighted by Crippen LogP contribution is -2.32. The molecule has 0 fully saturated rings. The van der Waals surface area contributed by atoms with Gasteiger partial charge in [-0.15, -0.1) is 0 Å². The Hall–Kier alpha value is -4.28. The topological polar surface area (TPSA) is 127 Å². The van der Waals surface area contributed by atoms with Crippen LogP contribution in [0.5, 0.6) is 5.75 Å². The van der Waals surface area contributed by atoms with Crippen molar-refractivity contribution in [3.05, 3.63) is 77.7 Å². The fourth-order valence-electron chi connectivity index (χ4n) is 4.96. The quantitative estimate of drug-likeness (QED) is 0.263. The Morgan fingerprint density at radius 2 is 2.05 bits per heavy atom. The first-order valence-electron chi connectivity index (χ1n) is 12.0. The normalized spacial score (nSPS) is 16.1. The first kappa shape index (κ1) is 23.1. The van der Waals surface area contributed by atoms with Crippen LogP contribution in [-0.2, 0) is 13.0 Å². The summed E-state index contributed by atoms with van der Waals surface area (Å²) < 4.78 is 20.5. The van der Waals surface area contributed by atoms with Gasteiger partial charge in [0, 0.05) is 29.6 Å². The molecule has 1 aliphatic rings. The van der Waals surface area contributed by atoms with E-state index >= 15 is 4.39 Å². The first-order valence-corrected chi connectivity index (χ1v) is 12.0. The van der Waals surface area contributed by atoms with Crippen LogP contribution >= 0.6 is 0 Å². The molecule has 9 nitrogen and oxygen atoms in total. The number of phenolic OH excluding ortho intramolecular Hbond substituents is 1. The van der Waals surface area contributed by atoms with Gasteiger partial charge in [0.15, 0.2) is 11.6 Å². The van der Waals surface area contributed by atoms with Gasteiger partial charge in [-0.25, -0.2) is 9.37 Å². The zero-order chi connectivity index (χ0) is 25.5. The van der Waals surface area contributed by atoms with Crippen LogP contribution in [0.1, 0.15) is 23.7 Å². The van der Waals surface area contributed by atoms with Crippen LogP contribution in [0.2, 0.25) is 0 Å². The van der Waals surface area contributed by atoms with Gasteiger partial charge in [-0.2, -0.15) is 5.10 Å². The van der Waals surface area contributed by atoms with E-state index in [1.54, 1.807) is 42.9 Å². The number of H-pyrrole nitrogens is 2. The van der Waals surface area contributed by atoms with Crippen molar-refractivity contribution in [3.8, 4) is 28.4 Å². The Morgan fingerprint density at radius 3 is 2.84 bits per heavy atom. The average molecular weight is 501 g/mol. The molecule has 37 heavy (non-hydrogen) atoms. The molecule has 10 heteroatoms. The lowest BCUT2D eigenvalue weighted by molar-refractivity contribution is 0.170. The summed E-state index contributed by atoms with van der Waals surface area (Å²) in [6.45, 7) is 3.17. The van der Waals surface area contributed by atoms with Gasteiger partial charge in [0.2, 0.25) is 0 Å². The van der Waals surface area contributed by atoms with E-state index in [0.717, 1.165) is 28.0 Å². The molecule has 5 aromatic rings. The molecule has 0 spiro atoms. The van der Waals surface area contributed by atoms with E-state index in [9.17, 15) is 10.2 Å². The number of aromatic hydroxyl groups is 1. The van der Waals surface area contributed by atoms with Crippen molar-refractivity contribution in [3.63, 3.8) is 0 Å². The van der Waals surface area contributed by atoms with Crippen LogP contribution < -0.4 is 0 Å². The average Bonchev–Trinajstić information content (AvgIpc) is 3.70. The zero-order valence-electron chi connectivity index (χ0n) is 20.1.